The number of benzene rings is 1. The Morgan fingerprint density at radius 3 is 3.09 bits per heavy atom. The molecule has 2 saturated heterocycles. The summed E-state index contributed by atoms with van der Waals surface area (Å²) < 4.78 is 16.5. The molecular formula is C14H15NO7. The van der Waals surface area contributed by atoms with Crippen LogP contribution in [-0.2, 0) is 25.7 Å². The van der Waals surface area contributed by atoms with E-state index in [2.05, 4.69) is 4.84 Å². The van der Waals surface area contributed by atoms with E-state index in [0.717, 1.165) is 6.42 Å². The second kappa shape index (κ2) is 6.29. The summed E-state index contributed by atoms with van der Waals surface area (Å²) in [6, 6.07) is 6.35. The summed E-state index contributed by atoms with van der Waals surface area (Å²) in [6.07, 6.45) is 0.188. The topological polar surface area (TPSA) is 97.1 Å². The molecule has 1 aromatic rings. The number of nitrogens with zero attached hydrogens (tertiary/aromatic N) is 1. The summed E-state index contributed by atoms with van der Waals surface area (Å²) in [4.78, 5) is 26.6. The van der Waals surface area contributed by atoms with E-state index in [-0.39, 0.29) is 18.8 Å². The fourth-order valence-corrected chi connectivity index (χ4v) is 2.65. The van der Waals surface area contributed by atoms with E-state index < -0.39 is 17.2 Å². The Balaban J connectivity index is 1.62. The largest absolute Gasteiger partial charge is 0.453 e. The van der Waals surface area contributed by atoms with Gasteiger partial charge in [-0.1, -0.05) is 12.1 Å². The molecule has 1 aromatic carbocycles. The van der Waals surface area contributed by atoms with Gasteiger partial charge in [0.2, 0.25) is 0 Å². The molecule has 1 unspecified atom stereocenters. The Hall–Kier alpha value is -2.19. The summed E-state index contributed by atoms with van der Waals surface area (Å²) in [5.41, 5.74) is 0.828. The molecule has 8 heteroatoms. The average molecular weight is 309 g/mol. The number of fused-ring (bicyclic) bond motifs is 1. The van der Waals surface area contributed by atoms with Crippen LogP contribution >= 0.6 is 0 Å². The lowest BCUT2D eigenvalue weighted by molar-refractivity contribution is -0.763. The molecule has 2 fully saturated rings. The third-order valence-corrected chi connectivity index (χ3v) is 3.68. The zero-order valence-electron chi connectivity index (χ0n) is 11.7. The Morgan fingerprint density at radius 2 is 2.27 bits per heavy atom. The molecule has 0 amide bonds. The third-order valence-electron chi connectivity index (χ3n) is 3.68. The summed E-state index contributed by atoms with van der Waals surface area (Å²) >= 11 is 0. The highest BCUT2D eigenvalue weighted by atomic mass is 16.9. The lowest BCUT2D eigenvalue weighted by Crippen LogP contribution is -2.32. The van der Waals surface area contributed by atoms with Gasteiger partial charge in [0.25, 0.3) is 5.09 Å². The van der Waals surface area contributed by atoms with Crippen molar-refractivity contribution < 1.29 is 28.9 Å². The maximum Gasteiger partial charge on any atom is 0.338 e. The smallest absolute Gasteiger partial charge is 0.338 e. The van der Waals surface area contributed by atoms with Crippen molar-refractivity contribution in [2.24, 2.45) is 0 Å². The molecule has 0 spiro atoms. The fraction of sp³-hybridized carbons (Fsp3) is 0.500. The van der Waals surface area contributed by atoms with Gasteiger partial charge < -0.3 is 19.0 Å². The van der Waals surface area contributed by atoms with E-state index in [4.69, 9.17) is 14.2 Å². The first kappa shape index (κ1) is 14.7. The summed E-state index contributed by atoms with van der Waals surface area (Å²) in [5.74, 6) is -0.507. The van der Waals surface area contributed by atoms with Gasteiger partial charge in [-0.15, -0.1) is 10.1 Å². The number of esters is 1. The van der Waals surface area contributed by atoms with E-state index >= 15 is 0 Å². The molecule has 0 saturated carbocycles. The molecule has 2 aliphatic heterocycles. The lowest BCUT2D eigenvalue weighted by atomic mass is 10.1. The minimum atomic E-state index is -0.877. The second-order valence-corrected chi connectivity index (χ2v) is 5.14. The van der Waals surface area contributed by atoms with Crippen molar-refractivity contribution in [1.82, 2.24) is 0 Å². The van der Waals surface area contributed by atoms with Crippen LogP contribution in [0.1, 0.15) is 22.3 Å². The van der Waals surface area contributed by atoms with E-state index in [9.17, 15) is 14.9 Å². The standard InChI is InChI=1S/C14H15NO7/c16-14(22-12-8-20-11-4-5-19-13(11)12)10-3-1-2-9(6-10)7-21-15(17)18/h1-3,6,11-13H,4-5,7-8H2/t11-,12?,13+/m1/s1. The van der Waals surface area contributed by atoms with Crippen molar-refractivity contribution in [3.63, 3.8) is 0 Å². The van der Waals surface area contributed by atoms with Gasteiger partial charge in [0.05, 0.1) is 18.3 Å². The number of ether oxygens (including phenoxy) is 3. The molecule has 22 heavy (non-hydrogen) atoms. The Labute approximate surface area is 126 Å². The zero-order chi connectivity index (χ0) is 15.5. The third kappa shape index (κ3) is 3.18. The molecule has 0 bridgehead atoms. The number of hydrogen-bond acceptors (Lipinski definition) is 7. The van der Waals surface area contributed by atoms with Crippen LogP contribution in [0.4, 0.5) is 0 Å². The molecule has 2 heterocycles. The van der Waals surface area contributed by atoms with Crippen LogP contribution in [0.25, 0.3) is 0 Å². The fourth-order valence-electron chi connectivity index (χ4n) is 2.65. The maximum atomic E-state index is 12.2. The van der Waals surface area contributed by atoms with Crippen LogP contribution in [-0.4, -0.2) is 42.6 Å². The predicted molar refractivity (Wildman–Crippen MR) is 71.5 cm³/mol. The Kier molecular flexibility index (Phi) is 4.21. The number of hydrogen-bond donors (Lipinski definition) is 0. The highest BCUT2D eigenvalue weighted by Crippen LogP contribution is 2.28. The van der Waals surface area contributed by atoms with Gasteiger partial charge in [0.15, 0.2) is 6.10 Å². The van der Waals surface area contributed by atoms with Crippen LogP contribution in [0.2, 0.25) is 0 Å². The van der Waals surface area contributed by atoms with Gasteiger partial charge in [-0.2, -0.15) is 0 Å². The van der Waals surface area contributed by atoms with Gasteiger partial charge in [0.1, 0.15) is 12.7 Å². The van der Waals surface area contributed by atoms with E-state index in [1.165, 1.54) is 6.07 Å². The van der Waals surface area contributed by atoms with Gasteiger partial charge in [-0.3, -0.25) is 0 Å². The molecule has 0 radical (unpaired) electrons. The minimum absolute atomic E-state index is 0.00220. The van der Waals surface area contributed by atoms with Crippen molar-refractivity contribution >= 4 is 5.97 Å². The highest BCUT2D eigenvalue weighted by molar-refractivity contribution is 5.89. The molecule has 8 nitrogen and oxygen atoms in total. The van der Waals surface area contributed by atoms with Crippen molar-refractivity contribution in [2.75, 3.05) is 13.2 Å². The SMILES string of the molecule is O=C(OC1CO[C@@H]2CCO[C@H]12)c1cccc(CO[N+](=O)[O-])c1. The second-order valence-electron chi connectivity index (χ2n) is 5.14. The maximum absolute atomic E-state index is 12.2. The molecular weight excluding hydrogens is 294 g/mol. The molecule has 2 aliphatic rings. The van der Waals surface area contributed by atoms with Gasteiger partial charge in [0, 0.05) is 6.61 Å². The van der Waals surface area contributed by atoms with Crippen molar-refractivity contribution in [3.8, 4) is 0 Å². The lowest BCUT2D eigenvalue weighted by Gasteiger charge is -2.16. The van der Waals surface area contributed by atoms with E-state index in [1.807, 2.05) is 0 Å². The molecule has 3 atom stereocenters. The molecule has 0 aliphatic carbocycles. The Morgan fingerprint density at radius 1 is 1.41 bits per heavy atom. The summed E-state index contributed by atoms with van der Waals surface area (Å²) in [5, 5.41) is 9.31. The molecule has 118 valence electrons. The van der Waals surface area contributed by atoms with Gasteiger partial charge in [-0.25, -0.2) is 4.79 Å². The monoisotopic (exact) mass is 309 g/mol. The minimum Gasteiger partial charge on any atom is -0.453 e. The number of rotatable bonds is 5. The predicted octanol–water partition coefficient (Wildman–Crippen LogP) is 1.11. The average Bonchev–Trinajstić information content (AvgIpc) is 3.10. The first-order chi connectivity index (χ1) is 10.6. The highest BCUT2D eigenvalue weighted by Gasteiger charge is 2.44. The van der Waals surface area contributed by atoms with E-state index in [0.29, 0.717) is 24.3 Å². The molecule has 3 rings (SSSR count). The van der Waals surface area contributed by atoms with E-state index in [1.54, 1.807) is 18.2 Å². The van der Waals surface area contributed by atoms with Crippen LogP contribution < -0.4 is 0 Å². The van der Waals surface area contributed by atoms with Crippen molar-refractivity contribution in [2.45, 2.75) is 31.3 Å². The first-order valence-electron chi connectivity index (χ1n) is 6.94. The first-order valence-corrected chi connectivity index (χ1v) is 6.94. The normalized spacial score (nSPS) is 26.5. The molecule has 0 aromatic heterocycles. The molecule has 0 N–H and O–H groups in total. The van der Waals surface area contributed by atoms with Gasteiger partial charge >= 0.3 is 5.97 Å². The number of carbonyl (C=O) groups excluding carboxylic acids is 1. The number of carbonyl (C=O) groups is 1. The zero-order valence-corrected chi connectivity index (χ0v) is 11.7. The van der Waals surface area contributed by atoms with Crippen LogP contribution in [0.3, 0.4) is 0 Å². The van der Waals surface area contributed by atoms with Crippen LogP contribution in [0.5, 0.6) is 0 Å². The summed E-state index contributed by atoms with van der Waals surface area (Å²) in [7, 11) is 0. The Bertz CT molecular complexity index is 576. The van der Waals surface area contributed by atoms with Crippen molar-refractivity contribution in [3.05, 3.63) is 45.5 Å². The van der Waals surface area contributed by atoms with Gasteiger partial charge in [-0.05, 0) is 24.1 Å². The summed E-state index contributed by atoms with van der Waals surface area (Å²) in [6.45, 7) is 0.719. The van der Waals surface area contributed by atoms with Crippen LogP contribution in [0, 0.1) is 10.1 Å². The van der Waals surface area contributed by atoms with Crippen LogP contribution in [0.15, 0.2) is 24.3 Å². The van der Waals surface area contributed by atoms with Crippen molar-refractivity contribution in [1.29, 1.82) is 0 Å². The quantitative estimate of drug-likeness (QED) is 0.456.